The maximum Gasteiger partial charge on any atom is 0.339 e. The number of benzene rings is 1. The van der Waals surface area contributed by atoms with Gasteiger partial charge in [-0.25, -0.2) is 4.79 Å². The Balaban J connectivity index is 1.85. The number of rotatable bonds is 6. The predicted molar refractivity (Wildman–Crippen MR) is 106 cm³/mol. The van der Waals surface area contributed by atoms with E-state index in [4.69, 9.17) is 9.72 Å². The van der Waals surface area contributed by atoms with E-state index in [1.807, 2.05) is 38.1 Å². The van der Waals surface area contributed by atoms with Crippen molar-refractivity contribution < 1.29 is 14.3 Å². The fourth-order valence-corrected chi connectivity index (χ4v) is 3.75. The van der Waals surface area contributed by atoms with Crippen LogP contribution in [0.3, 0.4) is 0 Å². The van der Waals surface area contributed by atoms with E-state index in [9.17, 15) is 9.59 Å². The molecule has 1 aliphatic rings. The van der Waals surface area contributed by atoms with Gasteiger partial charge in [-0.2, -0.15) is 0 Å². The summed E-state index contributed by atoms with van der Waals surface area (Å²) in [4.78, 5) is 29.8. The van der Waals surface area contributed by atoms with Crippen LogP contribution in [0.15, 0.2) is 24.3 Å². The van der Waals surface area contributed by atoms with E-state index in [1.54, 1.807) is 0 Å². The van der Waals surface area contributed by atoms with Crippen LogP contribution in [0.2, 0.25) is 0 Å². The zero-order chi connectivity index (χ0) is 19.2. The van der Waals surface area contributed by atoms with E-state index in [2.05, 4.69) is 5.32 Å². The monoisotopic (exact) mass is 368 g/mol. The third kappa shape index (κ3) is 4.46. The van der Waals surface area contributed by atoms with Crippen LogP contribution >= 0.6 is 0 Å². The topological polar surface area (TPSA) is 68.3 Å². The Morgan fingerprint density at radius 2 is 1.85 bits per heavy atom. The Hall–Kier alpha value is -2.43. The highest BCUT2D eigenvalue weighted by atomic mass is 16.5. The van der Waals surface area contributed by atoms with Crippen LogP contribution in [0, 0.1) is 0 Å². The van der Waals surface area contributed by atoms with Gasteiger partial charge in [0.05, 0.1) is 11.1 Å². The first kappa shape index (κ1) is 19.3. The van der Waals surface area contributed by atoms with Gasteiger partial charge in [0, 0.05) is 17.1 Å². The SMILES string of the molecule is CCC(CC)NC(=O)COC(=O)c1c2c(nc3ccccc13)CCCCC2. The summed E-state index contributed by atoms with van der Waals surface area (Å²) in [5, 5.41) is 3.71. The molecule has 3 rings (SSSR count). The highest BCUT2D eigenvalue weighted by molar-refractivity contribution is 6.05. The number of hydrogen-bond acceptors (Lipinski definition) is 4. The van der Waals surface area contributed by atoms with Gasteiger partial charge in [-0.1, -0.05) is 38.5 Å². The maximum absolute atomic E-state index is 12.9. The van der Waals surface area contributed by atoms with Crippen LogP contribution in [0.1, 0.15) is 67.6 Å². The Bertz CT molecular complexity index is 828. The minimum Gasteiger partial charge on any atom is -0.452 e. The largest absolute Gasteiger partial charge is 0.452 e. The quantitative estimate of drug-likeness (QED) is 0.619. The number of fused-ring (bicyclic) bond motifs is 2. The second kappa shape index (κ2) is 8.98. The molecule has 1 heterocycles. The van der Waals surface area contributed by atoms with Crippen molar-refractivity contribution >= 4 is 22.8 Å². The molecule has 1 aromatic heterocycles. The van der Waals surface area contributed by atoms with Crippen LogP contribution < -0.4 is 5.32 Å². The lowest BCUT2D eigenvalue weighted by molar-refractivity contribution is -0.125. The molecule has 1 aromatic carbocycles. The van der Waals surface area contributed by atoms with Crippen molar-refractivity contribution in [3.05, 3.63) is 41.1 Å². The third-order valence-electron chi connectivity index (χ3n) is 5.31. The number of nitrogens with zero attached hydrogens (tertiary/aromatic N) is 1. The summed E-state index contributed by atoms with van der Waals surface area (Å²) in [5.74, 6) is -0.673. The van der Waals surface area contributed by atoms with Crippen molar-refractivity contribution in [1.82, 2.24) is 10.3 Å². The normalized spacial score (nSPS) is 13.9. The zero-order valence-electron chi connectivity index (χ0n) is 16.2. The first-order chi connectivity index (χ1) is 13.1. The fraction of sp³-hybridized carbons (Fsp3) is 0.500. The molecule has 27 heavy (non-hydrogen) atoms. The van der Waals surface area contributed by atoms with Crippen LogP contribution in [-0.4, -0.2) is 29.5 Å². The Labute approximate surface area is 160 Å². The predicted octanol–water partition coefficient (Wildman–Crippen LogP) is 3.97. The molecular weight excluding hydrogens is 340 g/mol. The molecule has 0 radical (unpaired) electrons. The molecule has 0 saturated heterocycles. The Morgan fingerprint density at radius 3 is 2.63 bits per heavy atom. The van der Waals surface area contributed by atoms with E-state index >= 15 is 0 Å². The molecule has 0 bridgehead atoms. The number of carbonyl (C=O) groups is 2. The average molecular weight is 368 g/mol. The van der Waals surface area contributed by atoms with Gasteiger partial charge in [-0.15, -0.1) is 0 Å². The van der Waals surface area contributed by atoms with Crippen molar-refractivity contribution in [3.8, 4) is 0 Å². The Kier molecular flexibility index (Phi) is 6.43. The second-order valence-electron chi connectivity index (χ2n) is 7.15. The van der Waals surface area contributed by atoms with Gasteiger partial charge in [0.1, 0.15) is 0 Å². The van der Waals surface area contributed by atoms with Gasteiger partial charge in [0.25, 0.3) is 5.91 Å². The first-order valence-corrected chi connectivity index (χ1v) is 10.0. The summed E-state index contributed by atoms with van der Waals surface area (Å²) < 4.78 is 5.42. The number of nitrogens with one attached hydrogen (secondary N) is 1. The number of para-hydroxylation sites is 1. The first-order valence-electron chi connectivity index (χ1n) is 10.0. The number of esters is 1. The molecule has 1 N–H and O–H groups in total. The summed E-state index contributed by atoms with van der Waals surface area (Å²) in [6.45, 7) is 3.80. The minimum absolute atomic E-state index is 0.120. The van der Waals surface area contributed by atoms with E-state index < -0.39 is 5.97 Å². The standard InChI is InChI=1S/C22H28N2O3/c1-3-15(4-2)23-20(25)14-27-22(26)21-16-10-6-5-7-12-18(16)24-19-13-9-8-11-17(19)21/h8-9,11,13,15H,3-7,10,12,14H2,1-2H3,(H,23,25). The highest BCUT2D eigenvalue weighted by Crippen LogP contribution is 2.29. The smallest absolute Gasteiger partial charge is 0.339 e. The number of aromatic nitrogens is 1. The van der Waals surface area contributed by atoms with Crippen molar-refractivity contribution in [3.63, 3.8) is 0 Å². The molecule has 0 spiro atoms. The molecule has 0 aliphatic heterocycles. The van der Waals surface area contributed by atoms with Gasteiger partial charge < -0.3 is 10.1 Å². The summed E-state index contributed by atoms with van der Waals surface area (Å²) in [6, 6.07) is 7.79. The molecule has 5 heteroatoms. The summed E-state index contributed by atoms with van der Waals surface area (Å²) in [7, 11) is 0. The lowest BCUT2D eigenvalue weighted by Crippen LogP contribution is -2.37. The molecule has 144 valence electrons. The van der Waals surface area contributed by atoms with E-state index in [1.165, 1.54) is 0 Å². The highest BCUT2D eigenvalue weighted by Gasteiger charge is 2.23. The van der Waals surface area contributed by atoms with Crippen molar-refractivity contribution in [2.24, 2.45) is 0 Å². The molecule has 1 amide bonds. The Morgan fingerprint density at radius 1 is 1.11 bits per heavy atom. The fourth-order valence-electron chi connectivity index (χ4n) is 3.75. The number of pyridine rings is 1. The molecule has 0 unspecified atom stereocenters. The van der Waals surface area contributed by atoms with E-state index in [0.29, 0.717) is 5.56 Å². The number of hydrogen-bond donors (Lipinski definition) is 1. The third-order valence-corrected chi connectivity index (χ3v) is 5.31. The number of amides is 1. The number of aryl methyl sites for hydroxylation is 1. The maximum atomic E-state index is 12.9. The summed E-state index contributed by atoms with van der Waals surface area (Å²) in [6.07, 6.45) is 6.71. The van der Waals surface area contributed by atoms with Crippen LogP contribution in [0.25, 0.3) is 10.9 Å². The molecule has 0 saturated carbocycles. The minimum atomic E-state index is -0.425. The summed E-state index contributed by atoms with van der Waals surface area (Å²) in [5.41, 5.74) is 3.40. The van der Waals surface area contributed by atoms with Gasteiger partial charge in [0.15, 0.2) is 6.61 Å². The van der Waals surface area contributed by atoms with Gasteiger partial charge in [0.2, 0.25) is 0 Å². The molecule has 5 nitrogen and oxygen atoms in total. The van der Waals surface area contributed by atoms with E-state index in [0.717, 1.165) is 67.1 Å². The van der Waals surface area contributed by atoms with Crippen LogP contribution in [-0.2, 0) is 22.4 Å². The lowest BCUT2D eigenvalue weighted by atomic mass is 9.97. The molecule has 0 atom stereocenters. The van der Waals surface area contributed by atoms with Gasteiger partial charge in [-0.3, -0.25) is 9.78 Å². The van der Waals surface area contributed by atoms with Gasteiger partial charge in [-0.05, 0) is 50.2 Å². The second-order valence-corrected chi connectivity index (χ2v) is 7.15. The van der Waals surface area contributed by atoms with Crippen LogP contribution in [0.5, 0.6) is 0 Å². The van der Waals surface area contributed by atoms with Crippen molar-refractivity contribution in [2.75, 3.05) is 6.61 Å². The lowest BCUT2D eigenvalue weighted by Gasteiger charge is -2.16. The zero-order valence-corrected chi connectivity index (χ0v) is 16.2. The summed E-state index contributed by atoms with van der Waals surface area (Å²) >= 11 is 0. The molecular formula is C22H28N2O3. The molecule has 2 aromatic rings. The number of ether oxygens (including phenoxy) is 1. The number of carbonyl (C=O) groups excluding carboxylic acids is 2. The molecule has 1 aliphatic carbocycles. The van der Waals surface area contributed by atoms with Crippen LogP contribution in [0.4, 0.5) is 0 Å². The van der Waals surface area contributed by atoms with Crippen molar-refractivity contribution in [1.29, 1.82) is 0 Å². The van der Waals surface area contributed by atoms with E-state index in [-0.39, 0.29) is 18.6 Å². The van der Waals surface area contributed by atoms with Gasteiger partial charge >= 0.3 is 5.97 Å². The average Bonchev–Trinajstić information content (AvgIpc) is 2.93. The van der Waals surface area contributed by atoms with Crippen molar-refractivity contribution in [2.45, 2.75) is 64.8 Å². The molecule has 0 fully saturated rings.